The summed E-state index contributed by atoms with van der Waals surface area (Å²) in [5.74, 6) is 1.74. The molecule has 0 aliphatic carbocycles. The summed E-state index contributed by atoms with van der Waals surface area (Å²) in [6.07, 6.45) is 1.67. The fourth-order valence-electron chi connectivity index (χ4n) is 2.17. The van der Waals surface area contributed by atoms with Crippen molar-refractivity contribution in [2.75, 3.05) is 23.8 Å². The summed E-state index contributed by atoms with van der Waals surface area (Å²) in [6.45, 7) is 3.94. The second kappa shape index (κ2) is 5.99. The van der Waals surface area contributed by atoms with Gasteiger partial charge in [-0.25, -0.2) is 4.98 Å². The number of likely N-dealkylation sites (N-methyl/N-ethyl adjacent to an activating group) is 1. The average molecular weight is 311 g/mol. The van der Waals surface area contributed by atoms with Gasteiger partial charge in [0.1, 0.15) is 11.6 Å². The number of fused-ring (bicyclic) bond motifs is 1. The van der Waals surface area contributed by atoms with Crippen molar-refractivity contribution in [3.05, 3.63) is 41.9 Å². The summed E-state index contributed by atoms with van der Waals surface area (Å²) >= 11 is 0. The van der Waals surface area contributed by atoms with E-state index in [1.807, 2.05) is 38.1 Å². The van der Waals surface area contributed by atoms with Gasteiger partial charge in [-0.15, -0.1) is 15.3 Å². The van der Waals surface area contributed by atoms with Crippen LogP contribution < -0.4 is 10.2 Å². The van der Waals surface area contributed by atoms with E-state index in [0.717, 1.165) is 5.56 Å². The molecule has 0 saturated carbocycles. The molecule has 8 nitrogen and oxygen atoms in total. The largest absolute Gasteiger partial charge is 0.349 e. The lowest BCUT2D eigenvalue weighted by Crippen LogP contribution is -2.31. The molecule has 3 rings (SSSR count). The number of nitrogens with one attached hydrogen (secondary N) is 1. The third-order valence-electron chi connectivity index (χ3n) is 3.36. The summed E-state index contributed by atoms with van der Waals surface area (Å²) < 4.78 is 1.64. The molecule has 0 atom stereocenters. The smallest absolute Gasteiger partial charge is 0.245 e. The molecule has 3 aromatic rings. The fraction of sp³-hybridized carbons (Fsp3) is 0.267. The number of nitrogens with zero attached hydrogens (tertiary/aromatic N) is 6. The monoisotopic (exact) mass is 311 g/mol. The van der Waals surface area contributed by atoms with Crippen molar-refractivity contribution < 1.29 is 4.79 Å². The first-order chi connectivity index (χ1) is 11.0. The van der Waals surface area contributed by atoms with Crippen LogP contribution in [0.25, 0.3) is 5.65 Å². The predicted molar refractivity (Wildman–Crippen MR) is 86.4 cm³/mol. The minimum atomic E-state index is -0.159. The molecule has 0 aliphatic heterocycles. The molecule has 0 fully saturated rings. The van der Waals surface area contributed by atoms with Gasteiger partial charge >= 0.3 is 0 Å². The molecule has 0 unspecified atom stereocenters. The number of anilines is 2. The Balaban J connectivity index is 1.70. The zero-order valence-electron chi connectivity index (χ0n) is 13.2. The van der Waals surface area contributed by atoms with Crippen molar-refractivity contribution in [1.29, 1.82) is 0 Å². The Kier molecular flexibility index (Phi) is 3.88. The second-order valence-electron chi connectivity index (χ2n) is 5.33. The van der Waals surface area contributed by atoms with Crippen LogP contribution >= 0.6 is 0 Å². The zero-order chi connectivity index (χ0) is 16.4. The molecule has 0 radical (unpaired) electrons. The fourth-order valence-corrected chi connectivity index (χ4v) is 2.17. The number of hydrogen-bond acceptors (Lipinski definition) is 6. The highest BCUT2D eigenvalue weighted by atomic mass is 16.2. The van der Waals surface area contributed by atoms with Gasteiger partial charge < -0.3 is 10.2 Å². The van der Waals surface area contributed by atoms with E-state index >= 15 is 0 Å². The number of rotatable bonds is 4. The molecule has 1 N–H and O–H groups in total. The van der Waals surface area contributed by atoms with Gasteiger partial charge in [-0.3, -0.25) is 4.79 Å². The van der Waals surface area contributed by atoms with Crippen molar-refractivity contribution >= 4 is 23.2 Å². The topological polar surface area (TPSA) is 88.3 Å². The quantitative estimate of drug-likeness (QED) is 0.779. The van der Waals surface area contributed by atoms with E-state index in [1.54, 1.807) is 22.7 Å². The molecule has 8 heteroatoms. The van der Waals surface area contributed by atoms with E-state index in [1.165, 1.54) is 0 Å². The van der Waals surface area contributed by atoms with E-state index in [-0.39, 0.29) is 12.5 Å². The van der Waals surface area contributed by atoms with E-state index < -0.39 is 0 Å². The molecule has 3 aromatic heterocycles. The lowest BCUT2D eigenvalue weighted by Gasteiger charge is -2.17. The van der Waals surface area contributed by atoms with Crippen LogP contribution in [0.2, 0.25) is 0 Å². The minimum Gasteiger partial charge on any atom is -0.349 e. The van der Waals surface area contributed by atoms with Crippen LogP contribution in [-0.2, 0) is 4.79 Å². The predicted octanol–water partition coefficient (Wildman–Crippen LogP) is 1.21. The Morgan fingerprint density at radius 1 is 1.26 bits per heavy atom. The van der Waals surface area contributed by atoms with Gasteiger partial charge in [0.25, 0.3) is 0 Å². The van der Waals surface area contributed by atoms with Gasteiger partial charge in [-0.05, 0) is 43.7 Å². The van der Waals surface area contributed by atoms with E-state index in [2.05, 4.69) is 25.6 Å². The van der Waals surface area contributed by atoms with Gasteiger partial charge in [-0.2, -0.15) is 4.52 Å². The Morgan fingerprint density at radius 3 is 2.87 bits per heavy atom. The van der Waals surface area contributed by atoms with Crippen LogP contribution in [0.3, 0.4) is 0 Å². The van der Waals surface area contributed by atoms with Crippen molar-refractivity contribution in [3.8, 4) is 0 Å². The molecule has 0 bridgehead atoms. The van der Waals surface area contributed by atoms with Gasteiger partial charge in [-0.1, -0.05) is 0 Å². The summed E-state index contributed by atoms with van der Waals surface area (Å²) in [6, 6.07) is 7.33. The SMILES string of the molecule is Cc1ccnc(NC(=O)CN(C)c2ccc3nnc(C)n3n2)c1. The molecular weight excluding hydrogens is 294 g/mol. The first-order valence-corrected chi connectivity index (χ1v) is 7.15. The van der Waals surface area contributed by atoms with E-state index in [4.69, 9.17) is 0 Å². The highest BCUT2D eigenvalue weighted by Gasteiger charge is 2.11. The molecule has 0 aromatic carbocycles. The maximum absolute atomic E-state index is 12.1. The van der Waals surface area contributed by atoms with Crippen LogP contribution in [0.15, 0.2) is 30.5 Å². The third kappa shape index (κ3) is 3.25. The highest BCUT2D eigenvalue weighted by Crippen LogP contribution is 2.11. The molecule has 3 heterocycles. The number of aryl methyl sites for hydroxylation is 2. The molecule has 118 valence electrons. The lowest BCUT2D eigenvalue weighted by molar-refractivity contribution is -0.114. The number of carbonyl (C=O) groups excluding carboxylic acids is 1. The van der Waals surface area contributed by atoms with Crippen LogP contribution in [0.1, 0.15) is 11.4 Å². The molecule has 0 spiro atoms. The van der Waals surface area contributed by atoms with Gasteiger partial charge in [0, 0.05) is 13.2 Å². The van der Waals surface area contributed by atoms with Gasteiger partial charge in [0.05, 0.1) is 6.54 Å². The van der Waals surface area contributed by atoms with Crippen LogP contribution in [-0.4, -0.2) is 44.3 Å². The maximum Gasteiger partial charge on any atom is 0.245 e. The van der Waals surface area contributed by atoms with Crippen LogP contribution in [0, 0.1) is 13.8 Å². The van der Waals surface area contributed by atoms with Crippen molar-refractivity contribution in [1.82, 2.24) is 24.8 Å². The molecule has 0 aliphatic rings. The van der Waals surface area contributed by atoms with Crippen molar-refractivity contribution in [3.63, 3.8) is 0 Å². The second-order valence-corrected chi connectivity index (χ2v) is 5.33. The first-order valence-electron chi connectivity index (χ1n) is 7.15. The lowest BCUT2D eigenvalue weighted by atomic mass is 10.3. The maximum atomic E-state index is 12.1. The number of pyridine rings is 1. The number of carbonyl (C=O) groups is 1. The zero-order valence-corrected chi connectivity index (χ0v) is 13.2. The van der Waals surface area contributed by atoms with Crippen LogP contribution in [0.5, 0.6) is 0 Å². The van der Waals surface area contributed by atoms with Crippen molar-refractivity contribution in [2.24, 2.45) is 0 Å². The Hall–Kier alpha value is -3.03. The summed E-state index contributed by atoms with van der Waals surface area (Å²) in [5.41, 5.74) is 1.71. The van der Waals surface area contributed by atoms with E-state index in [0.29, 0.717) is 23.1 Å². The summed E-state index contributed by atoms with van der Waals surface area (Å²) in [5, 5.41) is 15.2. The summed E-state index contributed by atoms with van der Waals surface area (Å²) in [7, 11) is 1.80. The normalized spacial score (nSPS) is 10.7. The summed E-state index contributed by atoms with van der Waals surface area (Å²) in [4.78, 5) is 18.0. The van der Waals surface area contributed by atoms with Crippen molar-refractivity contribution in [2.45, 2.75) is 13.8 Å². The van der Waals surface area contributed by atoms with E-state index in [9.17, 15) is 4.79 Å². The molecule has 1 amide bonds. The van der Waals surface area contributed by atoms with Gasteiger partial charge in [0.15, 0.2) is 11.5 Å². The average Bonchev–Trinajstić information content (AvgIpc) is 2.88. The highest BCUT2D eigenvalue weighted by molar-refractivity contribution is 5.93. The van der Waals surface area contributed by atoms with Crippen LogP contribution in [0.4, 0.5) is 11.6 Å². The Morgan fingerprint density at radius 2 is 2.09 bits per heavy atom. The first kappa shape index (κ1) is 14.9. The minimum absolute atomic E-state index is 0.159. The number of aromatic nitrogens is 5. The molecule has 23 heavy (non-hydrogen) atoms. The molecular formula is C15H17N7O. The van der Waals surface area contributed by atoms with Gasteiger partial charge in [0.2, 0.25) is 5.91 Å². The Bertz CT molecular complexity index is 858. The third-order valence-corrected chi connectivity index (χ3v) is 3.36. The standard InChI is InChI=1S/C15H17N7O/c1-10-6-7-16-12(8-10)17-15(23)9-21(3)14-5-4-13-19-18-11(2)22(13)20-14/h4-8H,9H2,1-3H3,(H,16,17,23). The molecule has 0 saturated heterocycles. The number of hydrogen-bond donors (Lipinski definition) is 1. The Labute approximate surface area is 133 Å². The number of amides is 1.